The molecular weight excluding hydrogens is 262 g/mol. The molecule has 0 bridgehead atoms. The fraction of sp³-hybridized carbons (Fsp3) is 0.462. The highest BCUT2D eigenvalue weighted by atomic mass is 32.2. The Balaban J connectivity index is 2.11. The van der Waals surface area contributed by atoms with Crippen molar-refractivity contribution in [3.05, 3.63) is 29.3 Å². The van der Waals surface area contributed by atoms with Gasteiger partial charge in [0.2, 0.25) is 0 Å². The molecule has 19 heavy (non-hydrogen) atoms. The summed E-state index contributed by atoms with van der Waals surface area (Å²) in [6, 6.07) is 6.07. The van der Waals surface area contributed by atoms with Gasteiger partial charge in [0.1, 0.15) is 5.75 Å². The van der Waals surface area contributed by atoms with E-state index in [-0.39, 0.29) is 5.84 Å². The van der Waals surface area contributed by atoms with Crippen molar-refractivity contribution in [2.75, 3.05) is 18.6 Å². The molecule has 6 heteroatoms. The van der Waals surface area contributed by atoms with E-state index in [1.807, 2.05) is 23.9 Å². The van der Waals surface area contributed by atoms with E-state index in [9.17, 15) is 0 Å². The first-order chi connectivity index (χ1) is 9.24. The van der Waals surface area contributed by atoms with Gasteiger partial charge in [0.15, 0.2) is 5.84 Å². The van der Waals surface area contributed by atoms with Crippen LogP contribution in [0.3, 0.4) is 0 Å². The summed E-state index contributed by atoms with van der Waals surface area (Å²) in [6.07, 6.45) is 1.20. The van der Waals surface area contributed by atoms with Crippen molar-refractivity contribution >= 4 is 17.6 Å². The second-order valence-corrected chi connectivity index (χ2v) is 5.60. The Morgan fingerprint density at radius 2 is 2.47 bits per heavy atom. The lowest BCUT2D eigenvalue weighted by Crippen LogP contribution is -2.28. The Hall–Kier alpha value is -1.40. The summed E-state index contributed by atoms with van der Waals surface area (Å²) < 4.78 is 5.34. The van der Waals surface area contributed by atoms with E-state index in [0.29, 0.717) is 11.6 Å². The smallest absolute Gasteiger partial charge is 0.170 e. The quantitative estimate of drug-likeness (QED) is 0.329. The van der Waals surface area contributed by atoms with Gasteiger partial charge in [-0.3, -0.25) is 0 Å². The molecule has 1 saturated heterocycles. The van der Waals surface area contributed by atoms with E-state index < -0.39 is 0 Å². The molecule has 0 aromatic heterocycles. The maximum absolute atomic E-state index is 8.72. The average molecular weight is 281 g/mol. The third kappa shape index (κ3) is 3.54. The predicted molar refractivity (Wildman–Crippen MR) is 78.1 cm³/mol. The van der Waals surface area contributed by atoms with Crippen molar-refractivity contribution in [1.29, 1.82) is 0 Å². The Labute approximate surface area is 117 Å². The number of amidine groups is 1. The average Bonchev–Trinajstić information content (AvgIpc) is 2.97. The predicted octanol–water partition coefficient (Wildman–Crippen LogP) is 1.38. The molecule has 1 aliphatic rings. The van der Waals surface area contributed by atoms with Crippen molar-refractivity contribution in [3.63, 3.8) is 0 Å². The number of nitrogens with zero attached hydrogens (tertiary/aromatic N) is 1. The molecule has 4 N–H and O–H groups in total. The number of ether oxygens (including phenoxy) is 1. The molecule has 104 valence electrons. The van der Waals surface area contributed by atoms with Crippen LogP contribution in [0.5, 0.6) is 5.75 Å². The minimum atomic E-state index is 0.111. The van der Waals surface area contributed by atoms with Crippen LogP contribution in [-0.4, -0.2) is 35.7 Å². The highest BCUT2D eigenvalue weighted by Gasteiger charge is 2.15. The third-order valence-electron chi connectivity index (χ3n) is 3.19. The lowest BCUT2D eigenvalue weighted by Gasteiger charge is -2.14. The van der Waals surface area contributed by atoms with Gasteiger partial charge >= 0.3 is 0 Å². The van der Waals surface area contributed by atoms with Crippen molar-refractivity contribution in [3.8, 4) is 5.75 Å². The largest absolute Gasteiger partial charge is 0.496 e. The van der Waals surface area contributed by atoms with Gasteiger partial charge < -0.3 is 21.0 Å². The fourth-order valence-electron chi connectivity index (χ4n) is 2.08. The summed E-state index contributed by atoms with van der Waals surface area (Å²) in [4.78, 5) is 0. The molecule has 1 aromatic carbocycles. The van der Waals surface area contributed by atoms with Gasteiger partial charge in [-0.25, -0.2) is 0 Å². The minimum Gasteiger partial charge on any atom is -0.496 e. The standard InChI is InChI=1S/C13H19N3O2S/c1-18-12-3-2-9(13(14)16-17)6-10(12)7-15-11-4-5-19-8-11/h2-3,6,11,15,17H,4-5,7-8H2,1H3,(H2,14,16). The van der Waals surface area contributed by atoms with E-state index >= 15 is 0 Å². The van der Waals surface area contributed by atoms with Gasteiger partial charge in [0.25, 0.3) is 0 Å². The van der Waals surface area contributed by atoms with E-state index in [1.54, 1.807) is 13.2 Å². The molecule has 1 unspecified atom stereocenters. The molecule has 0 radical (unpaired) electrons. The Bertz CT molecular complexity index is 459. The van der Waals surface area contributed by atoms with E-state index in [0.717, 1.165) is 23.6 Å². The maximum Gasteiger partial charge on any atom is 0.170 e. The van der Waals surface area contributed by atoms with Crippen LogP contribution in [0.15, 0.2) is 23.4 Å². The molecule has 0 amide bonds. The Kier molecular flexibility index (Phi) is 4.93. The molecule has 5 nitrogen and oxygen atoms in total. The van der Waals surface area contributed by atoms with Crippen LogP contribution in [0.1, 0.15) is 17.5 Å². The Morgan fingerprint density at radius 1 is 1.63 bits per heavy atom. The third-order valence-corrected chi connectivity index (χ3v) is 4.36. The molecule has 0 aliphatic carbocycles. The number of hydrogen-bond donors (Lipinski definition) is 3. The van der Waals surface area contributed by atoms with Crippen LogP contribution >= 0.6 is 11.8 Å². The topological polar surface area (TPSA) is 79.9 Å². The summed E-state index contributed by atoms with van der Waals surface area (Å²) in [5.41, 5.74) is 7.32. The molecule has 1 aromatic rings. The maximum atomic E-state index is 8.72. The van der Waals surface area contributed by atoms with Crippen LogP contribution in [-0.2, 0) is 6.54 Å². The first-order valence-electron chi connectivity index (χ1n) is 6.20. The number of nitrogens with one attached hydrogen (secondary N) is 1. The normalized spacial score (nSPS) is 19.6. The van der Waals surface area contributed by atoms with Crippen LogP contribution in [0.2, 0.25) is 0 Å². The van der Waals surface area contributed by atoms with Gasteiger partial charge in [-0.15, -0.1) is 0 Å². The van der Waals surface area contributed by atoms with Crippen LogP contribution in [0, 0.1) is 0 Å². The summed E-state index contributed by atoms with van der Waals surface area (Å²) in [7, 11) is 1.65. The van der Waals surface area contributed by atoms with E-state index in [2.05, 4.69) is 10.5 Å². The number of hydrogen-bond acceptors (Lipinski definition) is 5. The van der Waals surface area contributed by atoms with Gasteiger partial charge in [0, 0.05) is 29.5 Å². The number of oxime groups is 1. The monoisotopic (exact) mass is 281 g/mol. The number of rotatable bonds is 5. The van der Waals surface area contributed by atoms with Crippen LogP contribution in [0.25, 0.3) is 0 Å². The second-order valence-electron chi connectivity index (χ2n) is 4.45. The zero-order valence-corrected chi connectivity index (χ0v) is 11.7. The van der Waals surface area contributed by atoms with Crippen molar-refractivity contribution < 1.29 is 9.94 Å². The van der Waals surface area contributed by atoms with Gasteiger partial charge in [-0.1, -0.05) is 5.16 Å². The molecule has 1 heterocycles. The number of nitrogens with two attached hydrogens (primary N) is 1. The number of benzene rings is 1. The van der Waals surface area contributed by atoms with Crippen molar-refractivity contribution in [2.24, 2.45) is 10.9 Å². The van der Waals surface area contributed by atoms with Crippen LogP contribution < -0.4 is 15.8 Å². The molecule has 0 spiro atoms. The molecular formula is C13H19N3O2S. The molecule has 0 saturated carbocycles. The minimum absolute atomic E-state index is 0.111. The van der Waals surface area contributed by atoms with Gasteiger partial charge in [-0.05, 0) is 30.4 Å². The van der Waals surface area contributed by atoms with Crippen molar-refractivity contribution in [2.45, 2.75) is 19.0 Å². The first-order valence-corrected chi connectivity index (χ1v) is 7.36. The molecule has 1 fully saturated rings. The van der Waals surface area contributed by atoms with Gasteiger partial charge in [0.05, 0.1) is 7.11 Å². The fourth-order valence-corrected chi connectivity index (χ4v) is 3.27. The molecule has 1 atom stereocenters. The summed E-state index contributed by atoms with van der Waals surface area (Å²) in [5.74, 6) is 3.30. The second kappa shape index (κ2) is 6.68. The highest BCUT2D eigenvalue weighted by molar-refractivity contribution is 7.99. The number of thioether (sulfide) groups is 1. The van der Waals surface area contributed by atoms with E-state index in [1.165, 1.54) is 12.2 Å². The summed E-state index contributed by atoms with van der Waals surface area (Å²) >= 11 is 1.97. The highest BCUT2D eigenvalue weighted by Crippen LogP contribution is 2.22. The van der Waals surface area contributed by atoms with Crippen LogP contribution in [0.4, 0.5) is 0 Å². The summed E-state index contributed by atoms with van der Waals surface area (Å²) in [6.45, 7) is 0.723. The molecule has 1 aliphatic heterocycles. The zero-order chi connectivity index (χ0) is 13.7. The summed E-state index contributed by atoms with van der Waals surface area (Å²) in [5, 5.41) is 15.3. The lowest BCUT2D eigenvalue weighted by molar-refractivity contribution is 0.318. The first kappa shape index (κ1) is 14.0. The molecule has 2 rings (SSSR count). The van der Waals surface area contributed by atoms with Crippen molar-refractivity contribution in [1.82, 2.24) is 5.32 Å². The Morgan fingerprint density at radius 3 is 3.11 bits per heavy atom. The van der Waals surface area contributed by atoms with E-state index in [4.69, 9.17) is 15.7 Å². The lowest BCUT2D eigenvalue weighted by atomic mass is 10.1. The zero-order valence-electron chi connectivity index (χ0n) is 10.9. The SMILES string of the molecule is COc1ccc(/C(N)=N/O)cc1CNC1CCSC1. The van der Waals surface area contributed by atoms with Gasteiger partial charge in [-0.2, -0.15) is 11.8 Å². The number of methoxy groups -OCH3 is 1.